The first-order chi connectivity index (χ1) is 11.3. The number of hydrogen-bond donors (Lipinski definition) is 2. The molecule has 23 heavy (non-hydrogen) atoms. The lowest BCUT2D eigenvalue weighted by Gasteiger charge is -2.06. The molecule has 0 amide bonds. The quantitative estimate of drug-likeness (QED) is 0.300. The van der Waals surface area contributed by atoms with Crippen molar-refractivity contribution in [2.75, 3.05) is 0 Å². The Morgan fingerprint density at radius 1 is 0.783 bits per heavy atom. The van der Waals surface area contributed by atoms with Crippen LogP contribution in [0, 0.1) is 11.8 Å². The van der Waals surface area contributed by atoms with Gasteiger partial charge in [0.2, 0.25) is 0 Å². The second-order valence-corrected chi connectivity index (χ2v) is 6.22. The average Bonchev–Trinajstić information content (AvgIpc) is 2.55. The van der Waals surface area contributed by atoms with Crippen LogP contribution in [0.25, 0.3) is 0 Å². The summed E-state index contributed by atoms with van der Waals surface area (Å²) in [5.74, 6) is 6.54. The monoisotopic (exact) mass is 316 g/mol. The lowest BCUT2D eigenvalue weighted by Crippen LogP contribution is -1.87. The van der Waals surface area contributed by atoms with Gasteiger partial charge in [0.1, 0.15) is 0 Å². The zero-order valence-corrected chi connectivity index (χ0v) is 14.6. The summed E-state index contributed by atoms with van der Waals surface area (Å²) in [6.07, 6.45) is 14.0. The number of aromatic hydroxyl groups is 2. The fourth-order valence-corrected chi connectivity index (χ4v) is 2.63. The minimum absolute atomic E-state index is 0.0136. The maximum atomic E-state index is 9.73. The van der Waals surface area contributed by atoms with Gasteiger partial charge >= 0.3 is 0 Å². The van der Waals surface area contributed by atoms with Crippen LogP contribution in [-0.4, -0.2) is 10.2 Å². The van der Waals surface area contributed by atoms with Crippen LogP contribution in [0.4, 0.5) is 0 Å². The molecule has 0 bridgehead atoms. The van der Waals surface area contributed by atoms with Crippen LogP contribution in [0.3, 0.4) is 0 Å². The highest BCUT2D eigenvalue weighted by Crippen LogP contribution is 2.29. The van der Waals surface area contributed by atoms with Crippen molar-refractivity contribution < 1.29 is 10.2 Å². The predicted molar refractivity (Wildman–Crippen MR) is 97.7 cm³/mol. The summed E-state index contributed by atoms with van der Waals surface area (Å²) in [6.45, 7) is 2.20. The molecule has 0 aliphatic carbocycles. The molecular weight excluding hydrogens is 284 g/mol. The third kappa shape index (κ3) is 9.18. The zero-order valence-electron chi connectivity index (χ0n) is 14.6. The highest BCUT2D eigenvalue weighted by atomic mass is 16.3. The van der Waals surface area contributed by atoms with E-state index in [0.717, 1.165) is 31.2 Å². The van der Waals surface area contributed by atoms with Gasteiger partial charge in [0.25, 0.3) is 0 Å². The Balaban J connectivity index is 1.93. The Labute approximate surface area is 141 Å². The summed E-state index contributed by atoms with van der Waals surface area (Å²) in [7, 11) is 0. The number of phenols is 2. The SMILES string of the molecule is CCCCC#CCCCCCCCCCc1cccc(O)c1O. The van der Waals surface area contributed by atoms with E-state index < -0.39 is 0 Å². The van der Waals surface area contributed by atoms with Crippen molar-refractivity contribution >= 4 is 0 Å². The molecule has 2 heteroatoms. The Kier molecular flexibility index (Phi) is 10.9. The Bertz CT molecular complexity index is 482. The van der Waals surface area contributed by atoms with Crippen molar-refractivity contribution in [2.24, 2.45) is 0 Å². The first kappa shape index (κ1) is 19.4. The second-order valence-electron chi connectivity index (χ2n) is 6.22. The van der Waals surface area contributed by atoms with Crippen molar-refractivity contribution in [3.05, 3.63) is 23.8 Å². The number of hydrogen-bond acceptors (Lipinski definition) is 2. The van der Waals surface area contributed by atoms with Crippen LogP contribution in [-0.2, 0) is 6.42 Å². The van der Waals surface area contributed by atoms with Crippen molar-refractivity contribution in [1.29, 1.82) is 0 Å². The van der Waals surface area contributed by atoms with E-state index in [1.165, 1.54) is 57.4 Å². The molecule has 0 aromatic heterocycles. The summed E-state index contributed by atoms with van der Waals surface area (Å²) >= 11 is 0. The van der Waals surface area contributed by atoms with Gasteiger partial charge in [0.15, 0.2) is 11.5 Å². The number of unbranched alkanes of at least 4 members (excludes halogenated alkanes) is 9. The van der Waals surface area contributed by atoms with Crippen LogP contribution in [0.5, 0.6) is 11.5 Å². The Morgan fingerprint density at radius 3 is 2.09 bits per heavy atom. The average molecular weight is 316 g/mol. The fraction of sp³-hybridized carbons (Fsp3) is 0.619. The van der Waals surface area contributed by atoms with Crippen molar-refractivity contribution in [2.45, 2.75) is 84.0 Å². The van der Waals surface area contributed by atoms with Gasteiger partial charge in [-0.25, -0.2) is 0 Å². The van der Waals surface area contributed by atoms with E-state index in [4.69, 9.17) is 0 Å². The van der Waals surface area contributed by atoms with Gasteiger partial charge in [-0.3, -0.25) is 0 Å². The first-order valence-corrected chi connectivity index (χ1v) is 9.21. The molecule has 0 aliphatic heterocycles. The second kappa shape index (κ2) is 12.9. The van der Waals surface area contributed by atoms with Crippen LogP contribution in [0.1, 0.15) is 83.1 Å². The van der Waals surface area contributed by atoms with Crippen LogP contribution >= 0.6 is 0 Å². The smallest absolute Gasteiger partial charge is 0.160 e. The highest BCUT2D eigenvalue weighted by molar-refractivity contribution is 5.44. The molecule has 0 heterocycles. The number of rotatable bonds is 11. The summed E-state index contributed by atoms with van der Waals surface area (Å²) in [5, 5.41) is 19.2. The largest absolute Gasteiger partial charge is 0.504 e. The molecule has 2 N–H and O–H groups in total. The number of aryl methyl sites for hydroxylation is 1. The van der Waals surface area contributed by atoms with Crippen LogP contribution < -0.4 is 0 Å². The zero-order chi connectivity index (χ0) is 16.8. The third-order valence-electron chi connectivity index (χ3n) is 4.13. The molecule has 2 nitrogen and oxygen atoms in total. The molecule has 0 unspecified atom stereocenters. The molecule has 1 rings (SSSR count). The van der Waals surface area contributed by atoms with Gasteiger partial charge in [-0.05, 0) is 37.3 Å². The van der Waals surface area contributed by atoms with E-state index >= 15 is 0 Å². The highest BCUT2D eigenvalue weighted by Gasteiger charge is 2.04. The minimum atomic E-state index is -0.0136. The molecule has 1 aromatic carbocycles. The van der Waals surface area contributed by atoms with Gasteiger partial charge in [0, 0.05) is 12.8 Å². The molecule has 0 atom stereocenters. The van der Waals surface area contributed by atoms with E-state index in [0.29, 0.717) is 0 Å². The van der Waals surface area contributed by atoms with Gasteiger partial charge in [-0.2, -0.15) is 0 Å². The topological polar surface area (TPSA) is 40.5 Å². The number of para-hydroxylation sites is 1. The predicted octanol–water partition coefficient (Wildman–Crippen LogP) is 5.95. The standard InChI is InChI=1S/C21H32O2/c1-2-3-4-5-6-7-8-9-10-11-12-13-14-16-19-17-15-18-20(22)21(19)23/h15,17-18,22-23H,2-4,7-14,16H2,1H3. The van der Waals surface area contributed by atoms with Crippen LogP contribution in [0.15, 0.2) is 18.2 Å². The van der Waals surface area contributed by atoms with E-state index in [2.05, 4.69) is 18.8 Å². The lowest BCUT2D eigenvalue weighted by molar-refractivity contribution is 0.398. The van der Waals surface area contributed by atoms with E-state index in [9.17, 15) is 10.2 Å². The lowest BCUT2D eigenvalue weighted by atomic mass is 10.0. The number of benzene rings is 1. The molecule has 0 fully saturated rings. The molecule has 0 saturated carbocycles. The third-order valence-corrected chi connectivity index (χ3v) is 4.13. The van der Waals surface area contributed by atoms with E-state index in [1.807, 2.05) is 6.07 Å². The molecule has 0 spiro atoms. The molecule has 0 saturated heterocycles. The van der Waals surface area contributed by atoms with Crippen LogP contribution in [0.2, 0.25) is 0 Å². The maximum Gasteiger partial charge on any atom is 0.160 e. The van der Waals surface area contributed by atoms with Crippen molar-refractivity contribution in [3.8, 4) is 23.3 Å². The molecule has 1 aromatic rings. The molecule has 0 radical (unpaired) electrons. The normalized spacial score (nSPS) is 10.3. The Hall–Kier alpha value is -1.62. The summed E-state index contributed by atoms with van der Waals surface area (Å²) in [5.41, 5.74) is 0.853. The van der Waals surface area contributed by atoms with Gasteiger partial charge in [-0.1, -0.05) is 57.6 Å². The van der Waals surface area contributed by atoms with E-state index in [1.54, 1.807) is 6.07 Å². The van der Waals surface area contributed by atoms with Gasteiger partial charge in [0.05, 0.1) is 0 Å². The molecule has 0 aliphatic rings. The summed E-state index contributed by atoms with van der Waals surface area (Å²) in [4.78, 5) is 0. The Morgan fingerprint density at radius 2 is 1.39 bits per heavy atom. The summed E-state index contributed by atoms with van der Waals surface area (Å²) < 4.78 is 0. The van der Waals surface area contributed by atoms with Gasteiger partial charge in [-0.15, -0.1) is 11.8 Å². The molecular formula is C21H32O2. The first-order valence-electron chi connectivity index (χ1n) is 9.21. The minimum Gasteiger partial charge on any atom is -0.504 e. The maximum absolute atomic E-state index is 9.73. The van der Waals surface area contributed by atoms with E-state index in [-0.39, 0.29) is 11.5 Å². The summed E-state index contributed by atoms with van der Waals surface area (Å²) in [6, 6.07) is 5.19. The molecule has 128 valence electrons. The van der Waals surface area contributed by atoms with Gasteiger partial charge < -0.3 is 10.2 Å². The van der Waals surface area contributed by atoms with Crippen molar-refractivity contribution in [1.82, 2.24) is 0 Å². The van der Waals surface area contributed by atoms with Crippen molar-refractivity contribution in [3.63, 3.8) is 0 Å². The number of phenolic OH excluding ortho intramolecular Hbond substituents is 2. The fourth-order valence-electron chi connectivity index (χ4n) is 2.63.